The first-order valence-corrected chi connectivity index (χ1v) is 4.98. The fourth-order valence-electron chi connectivity index (χ4n) is 1.22. The highest BCUT2D eigenvalue weighted by atomic mass is 79.9. The Labute approximate surface area is 90.5 Å². The lowest BCUT2D eigenvalue weighted by atomic mass is 9.99. The van der Waals surface area contributed by atoms with Crippen LogP contribution in [0.2, 0.25) is 0 Å². The summed E-state index contributed by atoms with van der Waals surface area (Å²) in [6, 6.07) is 3.12. The van der Waals surface area contributed by atoms with E-state index in [0.29, 0.717) is 10.0 Å². The van der Waals surface area contributed by atoms with Crippen molar-refractivity contribution in [1.82, 2.24) is 0 Å². The molecule has 14 heavy (non-hydrogen) atoms. The summed E-state index contributed by atoms with van der Waals surface area (Å²) in [5.74, 6) is -1.17. The van der Waals surface area contributed by atoms with Gasteiger partial charge in [0, 0.05) is 4.47 Å². The van der Waals surface area contributed by atoms with Crippen LogP contribution in [-0.4, -0.2) is 16.2 Å². The van der Waals surface area contributed by atoms with Crippen molar-refractivity contribution in [1.29, 1.82) is 0 Å². The molecule has 0 aromatic heterocycles. The van der Waals surface area contributed by atoms with Gasteiger partial charge >= 0.3 is 5.97 Å². The van der Waals surface area contributed by atoms with Crippen LogP contribution in [0, 0.1) is 0 Å². The lowest BCUT2D eigenvalue weighted by molar-refractivity contribution is 0.0693. The number of benzene rings is 1. The van der Waals surface area contributed by atoms with E-state index in [1.807, 2.05) is 13.8 Å². The van der Waals surface area contributed by atoms with Gasteiger partial charge in [0.25, 0.3) is 0 Å². The molecule has 0 atom stereocenters. The van der Waals surface area contributed by atoms with Gasteiger partial charge in [0.15, 0.2) is 0 Å². The Kier molecular flexibility index (Phi) is 3.16. The van der Waals surface area contributed by atoms with Gasteiger partial charge in [0.05, 0.1) is 0 Å². The molecule has 0 fully saturated rings. The largest absolute Gasteiger partial charge is 0.507 e. The first-order valence-electron chi connectivity index (χ1n) is 4.19. The number of carboxylic acid groups (broad SMARTS) is 1. The van der Waals surface area contributed by atoms with Gasteiger partial charge in [-0.25, -0.2) is 4.79 Å². The predicted octanol–water partition coefficient (Wildman–Crippen LogP) is 2.98. The number of rotatable bonds is 2. The van der Waals surface area contributed by atoms with Crippen molar-refractivity contribution in [2.24, 2.45) is 0 Å². The lowest BCUT2D eigenvalue weighted by Crippen LogP contribution is -2.00. The fourth-order valence-corrected chi connectivity index (χ4v) is 1.70. The van der Waals surface area contributed by atoms with E-state index >= 15 is 0 Å². The summed E-state index contributed by atoms with van der Waals surface area (Å²) in [7, 11) is 0. The molecule has 0 aliphatic rings. The predicted molar refractivity (Wildman–Crippen MR) is 56.9 cm³/mol. The molecule has 1 aromatic carbocycles. The highest BCUT2D eigenvalue weighted by molar-refractivity contribution is 9.10. The van der Waals surface area contributed by atoms with Crippen molar-refractivity contribution in [2.45, 2.75) is 19.8 Å². The monoisotopic (exact) mass is 258 g/mol. The summed E-state index contributed by atoms with van der Waals surface area (Å²) in [6.07, 6.45) is 0. The van der Waals surface area contributed by atoms with Crippen molar-refractivity contribution >= 4 is 21.9 Å². The third-order valence-corrected chi connectivity index (χ3v) is 2.41. The second-order valence-corrected chi connectivity index (χ2v) is 4.27. The molecule has 0 heterocycles. The summed E-state index contributed by atoms with van der Waals surface area (Å²) in [5, 5.41) is 18.5. The molecular formula is C10H11BrO3. The molecule has 0 bridgehead atoms. The zero-order chi connectivity index (χ0) is 10.9. The van der Waals surface area contributed by atoms with Gasteiger partial charge in [0.2, 0.25) is 0 Å². The van der Waals surface area contributed by atoms with Crippen LogP contribution in [0.3, 0.4) is 0 Å². The highest BCUT2D eigenvalue weighted by Crippen LogP contribution is 2.32. The first kappa shape index (κ1) is 11.0. The molecule has 0 aliphatic heterocycles. The van der Waals surface area contributed by atoms with Gasteiger partial charge in [-0.05, 0) is 23.6 Å². The molecular weight excluding hydrogens is 248 g/mol. The van der Waals surface area contributed by atoms with Crippen LogP contribution in [0.1, 0.15) is 35.7 Å². The number of carbonyl (C=O) groups is 1. The third-order valence-electron chi connectivity index (χ3n) is 1.96. The van der Waals surface area contributed by atoms with Crippen molar-refractivity contribution in [3.8, 4) is 5.75 Å². The molecule has 0 saturated carbocycles. The summed E-state index contributed by atoms with van der Waals surface area (Å²) in [5.41, 5.74) is 0.569. The van der Waals surface area contributed by atoms with Crippen LogP contribution in [0.4, 0.5) is 0 Å². The van der Waals surface area contributed by atoms with E-state index in [0.717, 1.165) is 0 Å². The van der Waals surface area contributed by atoms with Gasteiger partial charge < -0.3 is 10.2 Å². The molecule has 4 heteroatoms. The molecule has 0 spiro atoms. The Morgan fingerprint density at radius 3 is 2.43 bits per heavy atom. The Hall–Kier alpha value is -1.03. The average Bonchev–Trinajstić information content (AvgIpc) is 2.07. The molecule has 0 aliphatic carbocycles. The third kappa shape index (κ3) is 2.07. The van der Waals surface area contributed by atoms with E-state index in [1.54, 1.807) is 6.07 Å². The lowest BCUT2D eigenvalue weighted by Gasteiger charge is -2.11. The van der Waals surface area contributed by atoms with Crippen molar-refractivity contribution in [3.63, 3.8) is 0 Å². The zero-order valence-electron chi connectivity index (χ0n) is 7.91. The second-order valence-electron chi connectivity index (χ2n) is 3.35. The molecule has 0 saturated heterocycles. The minimum Gasteiger partial charge on any atom is -0.507 e. The highest BCUT2D eigenvalue weighted by Gasteiger charge is 2.16. The SMILES string of the molecule is CC(C)c1cc(Br)cc(C(=O)O)c1O. The van der Waals surface area contributed by atoms with Crippen LogP contribution in [0.5, 0.6) is 5.75 Å². The Morgan fingerprint density at radius 1 is 1.43 bits per heavy atom. The van der Waals surface area contributed by atoms with Gasteiger partial charge in [-0.15, -0.1) is 0 Å². The molecule has 76 valence electrons. The number of hydrogen-bond donors (Lipinski definition) is 2. The first-order chi connectivity index (χ1) is 6.43. The number of carboxylic acids is 1. The zero-order valence-corrected chi connectivity index (χ0v) is 9.50. The van der Waals surface area contributed by atoms with Crippen LogP contribution < -0.4 is 0 Å². The smallest absolute Gasteiger partial charge is 0.339 e. The van der Waals surface area contributed by atoms with E-state index in [4.69, 9.17) is 5.11 Å². The minimum atomic E-state index is -1.12. The standard InChI is InChI=1S/C10H11BrO3/c1-5(2)7-3-6(11)4-8(9(7)12)10(13)14/h3-5,12H,1-2H3,(H,13,14). The van der Waals surface area contributed by atoms with Crippen LogP contribution in [0.25, 0.3) is 0 Å². The van der Waals surface area contributed by atoms with Gasteiger partial charge in [0.1, 0.15) is 11.3 Å². The van der Waals surface area contributed by atoms with E-state index in [2.05, 4.69) is 15.9 Å². The topological polar surface area (TPSA) is 57.5 Å². The van der Waals surface area contributed by atoms with E-state index in [-0.39, 0.29) is 17.2 Å². The maximum atomic E-state index is 10.8. The number of aromatic carboxylic acids is 1. The number of aromatic hydroxyl groups is 1. The average molecular weight is 259 g/mol. The Morgan fingerprint density at radius 2 is 2.00 bits per heavy atom. The Bertz CT molecular complexity index is 372. The molecule has 3 nitrogen and oxygen atoms in total. The fraction of sp³-hybridized carbons (Fsp3) is 0.300. The van der Waals surface area contributed by atoms with Crippen molar-refractivity contribution in [3.05, 3.63) is 27.7 Å². The summed E-state index contributed by atoms with van der Waals surface area (Å²) < 4.78 is 0.663. The summed E-state index contributed by atoms with van der Waals surface area (Å²) in [4.78, 5) is 10.8. The number of halogens is 1. The maximum Gasteiger partial charge on any atom is 0.339 e. The van der Waals surface area contributed by atoms with Crippen LogP contribution in [0.15, 0.2) is 16.6 Å². The molecule has 0 amide bonds. The van der Waals surface area contributed by atoms with Crippen molar-refractivity contribution in [2.75, 3.05) is 0 Å². The quantitative estimate of drug-likeness (QED) is 0.858. The maximum absolute atomic E-state index is 10.8. The van der Waals surface area contributed by atoms with Gasteiger partial charge in [-0.3, -0.25) is 0 Å². The number of phenols is 1. The van der Waals surface area contributed by atoms with Crippen LogP contribution >= 0.6 is 15.9 Å². The molecule has 2 N–H and O–H groups in total. The van der Waals surface area contributed by atoms with Crippen LogP contribution in [-0.2, 0) is 0 Å². The minimum absolute atomic E-state index is 0.0666. The van der Waals surface area contributed by atoms with E-state index in [1.165, 1.54) is 6.07 Å². The molecule has 0 unspecified atom stereocenters. The summed E-state index contributed by atoms with van der Waals surface area (Å²) in [6.45, 7) is 3.79. The second kappa shape index (κ2) is 4.00. The van der Waals surface area contributed by atoms with Gasteiger partial charge in [-0.1, -0.05) is 29.8 Å². The normalized spacial score (nSPS) is 10.6. The Balaban J connectivity index is 3.40. The molecule has 0 radical (unpaired) electrons. The molecule has 1 rings (SSSR count). The van der Waals surface area contributed by atoms with Gasteiger partial charge in [-0.2, -0.15) is 0 Å². The number of hydrogen-bond acceptors (Lipinski definition) is 2. The van der Waals surface area contributed by atoms with Crippen molar-refractivity contribution < 1.29 is 15.0 Å². The van der Waals surface area contributed by atoms with E-state index < -0.39 is 5.97 Å². The van der Waals surface area contributed by atoms with E-state index in [9.17, 15) is 9.90 Å². The molecule has 1 aromatic rings. The summed E-state index contributed by atoms with van der Waals surface area (Å²) >= 11 is 3.21.